The molecule has 0 amide bonds. The highest BCUT2D eigenvalue weighted by molar-refractivity contribution is 5.79. The van der Waals surface area contributed by atoms with E-state index in [4.69, 9.17) is 9.47 Å². The number of ether oxygens (including phenoxy) is 3. The lowest BCUT2D eigenvalue weighted by Gasteiger charge is -2.15. The van der Waals surface area contributed by atoms with E-state index in [-0.39, 0.29) is 5.75 Å². The summed E-state index contributed by atoms with van der Waals surface area (Å²) in [5.41, 5.74) is 0.585. The number of hydrogen-bond acceptors (Lipinski definition) is 4. The maximum absolute atomic E-state index is 12.6. The van der Waals surface area contributed by atoms with Gasteiger partial charge in [-0.15, -0.1) is 0 Å². The Labute approximate surface area is 152 Å². The van der Waals surface area contributed by atoms with Crippen molar-refractivity contribution in [3.05, 3.63) is 23.8 Å². The van der Waals surface area contributed by atoms with Gasteiger partial charge in [-0.05, 0) is 37.3 Å². The molecule has 1 aliphatic carbocycles. The maximum atomic E-state index is 12.6. The fourth-order valence-corrected chi connectivity index (χ4v) is 2.33. The van der Waals surface area contributed by atoms with Crippen LogP contribution in [0.2, 0.25) is 0 Å². The van der Waals surface area contributed by atoms with E-state index in [1.807, 2.05) is 0 Å². The quantitative estimate of drug-likeness (QED) is 0.356. The Balaban J connectivity index is 1.75. The first-order chi connectivity index (χ1) is 12.6. The molecule has 2 rings (SSSR count). The minimum absolute atomic E-state index is 0.0794. The van der Waals surface area contributed by atoms with E-state index in [0.717, 1.165) is 18.9 Å². The lowest BCUT2D eigenvalue weighted by Crippen LogP contribution is -2.37. The molecule has 0 atom stereocenters. The van der Waals surface area contributed by atoms with E-state index in [0.29, 0.717) is 37.0 Å². The van der Waals surface area contributed by atoms with E-state index < -0.39 is 6.61 Å². The monoisotopic (exact) mass is 371 g/mol. The SMILES string of the molecule is CN=C(NCCCOCC1CC1)NCc1ccc(OC)cc1OC(F)F. The Hall–Kier alpha value is -2.09. The van der Waals surface area contributed by atoms with Crippen molar-refractivity contribution in [3.63, 3.8) is 0 Å². The molecule has 146 valence electrons. The Morgan fingerprint density at radius 2 is 2.12 bits per heavy atom. The summed E-state index contributed by atoms with van der Waals surface area (Å²) < 4.78 is 40.4. The van der Waals surface area contributed by atoms with Gasteiger partial charge in [0.15, 0.2) is 5.96 Å². The van der Waals surface area contributed by atoms with Crippen LogP contribution in [0.1, 0.15) is 24.8 Å². The van der Waals surface area contributed by atoms with Crippen LogP contribution in [0.25, 0.3) is 0 Å². The summed E-state index contributed by atoms with van der Waals surface area (Å²) in [6, 6.07) is 4.82. The number of methoxy groups -OCH3 is 1. The zero-order valence-electron chi connectivity index (χ0n) is 15.3. The molecule has 6 nitrogen and oxygen atoms in total. The number of alkyl halides is 2. The van der Waals surface area contributed by atoms with Gasteiger partial charge in [-0.25, -0.2) is 0 Å². The summed E-state index contributed by atoms with van der Waals surface area (Å²) in [6.07, 6.45) is 3.45. The molecule has 8 heteroatoms. The molecular formula is C18H27F2N3O3. The van der Waals surface area contributed by atoms with Crippen LogP contribution in [-0.2, 0) is 11.3 Å². The number of halogens is 2. The van der Waals surface area contributed by atoms with E-state index in [1.165, 1.54) is 26.0 Å². The lowest BCUT2D eigenvalue weighted by molar-refractivity contribution is -0.0505. The number of guanidine groups is 1. The van der Waals surface area contributed by atoms with Gasteiger partial charge in [0.2, 0.25) is 0 Å². The van der Waals surface area contributed by atoms with Crippen molar-refractivity contribution in [1.82, 2.24) is 10.6 Å². The van der Waals surface area contributed by atoms with Gasteiger partial charge in [0.1, 0.15) is 11.5 Å². The van der Waals surface area contributed by atoms with E-state index in [2.05, 4.69) is 20.4 Å². The molecule has 1 saturated carbocycles. The molecule has 0 heterocycles. The van der Waals surface area contributed by atoms with Gasteiger partial charge in [0.25, 0.3) is 0 Å². The highest BCUT2D eigenvalue weighted by Crippen LogP contribution is 2.28. The minimum Gasteiger partial charge on any atom is -0.497 e. The summed E-state index contributed by atoms with van der Waals surface area (Å²) in [5, 5.41) is 6.26. The Morgan fingerprint density at radius 3 is 2.77 bits per heavy atom. The largest absolute Gasteiger partial charge is 0.497 e. The molecule has 1 fully saturated rings. The van der Waals surface area contributed by atoms with Crippen molar-refractivity contribution in [2.75, 3.05) is 33.9 Å². The number of aliphatic imine (C=N–C) groups is 1. The second-order valence-corrected chi connectivity index (χ2v) is 6.08. The second kappa shape index (κ2) is 10.8. The molecule has 0 saturated heterocycles. The molecule has 1 aliphatic rings. The summed E-state index contributed by atoms with van der Waals surface area (Å²) >= 11 is 0. The van der Waals surface area contributed by atoms with Crippen LogP contribution in [-0.4, -0.2) is 46.5 Å². The van der Waals surface area contributed by atoms with Gasteiger partial charge in [0.05, 0.1) is 7.11 Å². The summed E-state index contributed by atoms with van der Waals surface area (Å²) in [6.45, 7) is -0.311. The molecule has 26 heavy (non-hydrogen) atoms. The molecule has 1 aromatic carbocycles. The fourth-order valence-electron chi connectivity index (χ4n) is 2.33. The van der Waals surface area contributed by atoms with Gasteiger partial charge in [-0.3, -0.25) is 4.99 Å². The summed E-state index contributed by atoms with van der Waals surface area (Å²) in [7, 11) is 3.13. The predicted molar refractivity (Wildman–Crippen MR) is 96.0 cm³/mol. The highest BCUT2D eigenvalue weighted by atomic mass is 19.3. The van der Waals surface area contributed by atoms with Crippen LogP contribution in [0.4, 0.5) is 8.78 Å². The maximum Gasteiger partial charge on any atom is 0.387 e. The van der Waals surface area contributed by atoms with Gasteiger partial charge in [-0.2, -0.15) is 8.78 Å². The fraction of sp³-hybridized carbons (Fsp3) is 0.611. The van der Waals surface area contributed by atoms with Crippen LogP contribution in [0.5, 0.6) is 11.5 Å². The van der Waals surface area contributed by atoms with Gasteiger partial charge in [0, 0.05) is 45.0 Å². The van der Waals surface area contributed by atoms with Gasteiger partial charge in [-0.1, -0.05) is 0 Å². The van der Waals surface area contributed by atoms with Crippen molar-refractivity contribution in [3.8, 4) is 11.5 Å². The highest BCUT2D eigenvalue weighted by Gasteiger charge is 2.20. The molecular weight excluding hydrogens is 344 g/mol. The van der Waals surface area contributed by atoms with Crippen molar-refractivity contribution in [1.29, 1.82) is 0 Å². The predicted octanol–water partition coefficient (Wildman–Crippen LogP) is 2.78. The van der Waals surface area contributed by atoms with Crippen LogP contribution in [0.15, 0.2) is 23.2 Å². The molecule has 0 aliphatic heterocycles. The first-order valence-electron chi connectivity index (χ1n) is 8.76. The molecule has 0 bridgehead atoms. The van der Waals surface area contributed by atoms with Crippen molar-refractivity contribution in [2.45, 2.75) is 32.4 Å². The summed E-state index contributed by atoms with van der Waals surface area (Å²) in [5.74, 6) is 1.89. The number of benzene rings is 1. The third kappa shape index (κ3) is 7.43. The first-order valence-corrected chi connectivity index (χ1v) is 8.76. The van der Waals surface area contributed by atoms with E-state index in [1.54, 1.807) is 19.2 Å². The molecule has 1 aromatic rings. The smallest absolute Gasteiger partial charge is 0.387 e. The first kappa shape index (κ1) is 20.2. The molecule has 0 spiro atoms. The number of hydrogen-bond donors (Lipinski definition) is 2. The number of rotatable bonds is 11. The molecule has 0 aromatic heterocycles. The average molecular weight is 371 g/mol. The topological polar surface area (TPSA) is 64.1 Å². The zero-order chi connectivity index (χ0) is 18.8. The van der Waals surface area contributed by atoms with Crippen LogP contribution in [0.3, 0.4) is 0 Å². The normalized spacial score (nSPS) is 14.4. The van der Waals surface area contributed by atoms with Gasteiger partial charge >= 0.3 is 6.61 Å². The second-order valence-electron chi connectivity index (χ2n) is 6.08. The standard InChI is InChI=1S/C18H27F2N3O3/c1-21-18(22-8-3-9-25-12-13-4-5-13)23-11-14-6-7-15(24-2)10-16(14)26-17(19)20/h6-7,10,13,17H,3-5,8-9,11-12H2,1-2H3,(H2,21,22,23). The van der Waals surface area contributed by atoms with E-state index >= 15 is 0 Å². The Morgan fingerprint density at radius 1 is 1.31 bits per heavy atom. The zero-order valence-corrected chi connectivity index (χ0v) is 15.3. The van der Waals surface area contributed by atoms with Crippen LogP contribution in [0, 0.1) is 5.92 Å². The molecule has 0 unspecified atom stereocenters. The average Bonchev–Trinajstić information content (AvgIpc) is 3.45. The lowest BCUT2D eigenvalue weighted by atomic mass is 10.2. The van der Waals surface area contributed by atoms with Crippen LogP contribution >= 0.6 is 0 Å². The minimum atomic E-state index is -2.89. The van der Waals surface area contributed by atoms with Crippen molar-refractivity contribution >= 4 is 5.96 Å². The number of nitrogens with one attached hydrogen (secondary N) is 2. The Kier molecular flexibility index (Phi) is 8.40. The van der Waals surface area contributed by atoms with Crippen LogP contribution < -0.4 is 20.1 Å². The van der Waals surface area contributed by atoms with Crippen molar-refractivity contribution < 1.29 is 23.0 Å². The van der Waals surface area contributed by atoms with E-state index in [9.17, 15) is 8.78 Å². The van der Waals surface area contributed by atoms with Crippen molar-refractivity contribution in [2.24, 2.45) is 10.9 Å². The third-order valence-electron chi connectivity index (χ3n) is 3.97. The molecule has 0 radical (unpaired) electrons. The van der Waals surface area contributed by atoms with Gasteiger partial charge < -0.3 is 24.8 Å². The molecule has 2 N–H and O–H groups in total. The Bertz CT molecular complexity index is 581. The summed E-state index contributed by atoms with van der Waals surface area (Å²) in [4.78, 5) is 4.12. The number of nitrogens with zero attached hydrogens (tertiary/aromatic N) is 1. The third-order valence-corrected chi connectivity index (χ3v) is 3.97.